The van der Waals surface area contributed by atoms with Crippen LogP contribution in [0.1, 0.15) is 12.0 Å². The van der Waals surface area contributed by atoms with Crippen LogP contribution in [-0.4, -0.2) is 51.3 Å². The number of amides is 1. The zero-order valence-electron chi connectivity index (χ0n) is 12.6. The van der Waals surface area contributed by atoms with E-state index in [4.69, 9.17) is 9.47 Å². The summed E-state index contributed by atoms with van der Waals surface area (Å²) in [7, 11) is 4.06. The maximum atomic E-state index is 11.7. The second-order valence-electron chi connectivity index (χ2n) is 5.27. The fourth-order valence-corrected chi connectivity index (χ4v) is 1.97. The molecule has 0 saturated carbocycles. The predicted molar refractivity (Wildman–Crippen MR) is 80.5 cm³/mol. The normalized spacial score (nSPS) is 12.7. The van der Waals surface area contributed by atoms with Crippen LogP contribution in [0.15, 0.2) is 18.2 Å². The molecular weight excluding hydrogens is 270 g/mol. The van der Waals surface area contributed by atoms with Gasteiger partial charge in [0.15, 0.2) is 11.5 Å². The van der Waals surface area contributed by atoms with Crippen LogP contribution in [-0.2, 0) is 11.3 Å². The van der Waals surface area contributed by atoms with Crippen molar-refractivity contribution in [1.29, 1.82) is 0 Å². The first-order valence-corrected chi connectivity index (χ1v) is 7.16. The molecule has 21 heavy (non-hydrogen) atoms. The number of hydrogen-bond acceptors (Lipinski definition) is 5. The minimum atomic E-state index is 0.0463. The van der Waals surface area contributed by atoms with Gasteiger partial charge in [0, 0.05) is 32.6 Å². The molecule has 0 fully saturated rings. The quantitative estimate of drug-likeness (QED) is 0.686. The van der Waals surface area contributed by atoms with Crippen LogP contribution in [0.3, 0.4) is 0 Å². The highest BCUT2D eigenvalue weighted by molar-refractivity contribution is 5.76. The molecule has 116 valence electrons. The van der Waals surface area contributed by atoms with Crippen molar-refractivity contribution in [3.63, 3.8) is 0 Å². The van der Waals surface area contributed by atoms with Crippen LogP contribution >= 0.6 is 0 Å². The van der Waals surface area contributed by atoms with Crippen LogP contribution in [0, 0.1) is 0 Å². The van der Waals surface area contributed by atoms with Crippen molar-refractivity contribution >= 4 is 5.91 Å². The SMILES string of the molecule is CN(C)CCNCCC(=O)NCc1ccc2c(c1)OCO2. The number of fused-ring (bicyclic) bond motifs is 1. The highest BCUT2D eigenvalue weighted by Gasteiger charge is 2.13. The molecule has 6 heteroatoms. The number of likely N-dealkylation sites (N-methyl/N-ethyl adjacent to an activating group) is 1. The number of ether oxygens (including phenoxy) is 2. The number of benzene rings is 1. The number of nitrogens with zero attached hydrogens (tertiary/aromatic N) is 1. The third-order valence-corrected chi connectivity index (χ3v) is 3.19. The van der Waals surface area contributed by atoms with E-state index in [1.165, 1.54) is 0 Å². The van der Waals surface area contributed by atoms with E-state index >= 15 is 0 Å². The van der Waals surface area contributed by atoms with E-state index in [9.17, 15) is 4.79 Å². The minimum absolute atomic E-state index is 0.0463. The lowest BCUT2D eigenvalue weighted by molar-refractivity contribution is -0.121. The molecule has 0 aromatic heterocycles. The second-order valence-corrected chi connectivity index (χ2v) is 5.27. The molecule has 1 heterocycles. The Balaban J connectivity index is 1.62. The standard InChI is InChI=1S/C15H23N3O3/c1-18(2)8-7-16-6-5-15(19)17-10-12-3-4-13-14(9-12)21-11-20-13/h3-4,9,16H,5-8,10-11H2,1-2H3,(H,17,19). The van der Waals surface area contributed by atoms with E-state index in [0.717, 1.165) is 30.2 Å². The van der Waals surface area contributed by atoms with Crippen molar-refractivity contribution in [2.45, 2.75) is 13.0 Å². The van der Waals surface area contributed by atoms with Crippen molar-refractivity contribution in [2.75, 3.05) is 40.5 Å². The maximum Gasteiger partial charge on any atom is 0.231 e. The molecule has 0 spiro atoms. The fourth-order valence-electron chi connectivity index (χ4n) is 1.97. The van der Waals surface area contributed by atoms with Gasteiger partial charge in [-0.3, -0.25) is 4.79 Å². The zero-order chi connectivity index (χ0) is 15.1. The van der Waals surface area contributed by atoms with Crippen LogP contribution in [0.25, 0.3) is 0 Å². The first-order chi connectivity index (χ1) is 10.1. The molecule has 0 atom stereocenters. The molecule has 0 radical (unpaired) electrons. The van der Waals surface area contributed by atoms with Gasteiger partial charge in [-0.05, 0) is 31.8 Å². The second kappa shape index (κ2) is 7.85. The Bertz CT molecular complexity index is 477. The molecule has 2 rings (SSSR count). The van der Waals surface area contributed by atoms with Crippen molar-refractivity contribution in [3.8, 4) is 11.5 Å². The lowest BCUT2D eigenvalue weighted by atomic mass is 10.2. The number of hydrogen-bond donors (Lipinski definition) is 2. The number of carbonyl (C=O) groups excluding carboxylic acids is 1. The van der Waals surface area contributed by atoms with Gasteiger partial charge >= 0.3 is 0 Å². The number of rotatable bonds is 8. The first kappa shape index (κ1) is 15.6. The Morgan fingerprint density at radius 1 is 1.24 bits per heavy atom. The van der Waals surface area contributed by atoms with Gasteiger partial charge in [0.2, 0.25) is 12.7 Å². The first-order valence-electron chi connectivity index (χ1n) is 7.16. The Kier molecular flexibility index (Phi) is 5.83. The van der Waals surface area contributed by atoms with E-state index in [1.807, 2.05) is 32.3 Å². The van der Waals surface area contributed by atoms with E-state index in [-0.39, 0.29) is 12.7 Å². The summed E-state index contributed by atoms with van der Waals surface area (Å²) < 4.78 is 10.6. The van der Waals surface area contributed by atoms with Crippen molar-refractivity contribution in [1.82, 2.24) is 15.5 Å². The van der Waals surface area contributed by atoms with Crippen LogP contribution in [0.5, 0.6) is 11.5 Å². The van der Waals surface area contributed by atoms with Gasteiger partial charge in [-0.25, -0.2) is 0 Å². The summed E-state index contributed by atoms with van der Waals surface area (Å²) in [5.41, 5.74) is 1.01. The molecule has 0 saturated heterocycles. The lowest BCUT2D eigenvalue weighted by Crippen LogP contribution is -2.31. The minimum Gasteiger partial charge on any atom is -0.454 e. The largest absolute Gasteiger partial charge is 0.454 e. The summed E-state index contributed by atoms with van der Waals surface area (Å²) in [5.74, 6) is 1.55. The molecule has 1 aromatic rings. The third kappa shape index (κ3) is 5.24. The Morgan fingerprint density at radius 3 is 2.86 bits per heavy atom. The van der Waals surface area contributed by atoms with Gasteiger partial charge in [-0.15, -0.1) is 0 Å². The highest BCUT2D eigenvalue weighted by Crippen LogP contribution is 2.32. The van der Waals surface area contributed by atoms with Crippen molar-refractivity contribution < 1.29 is 14.3 Å². The molecular formula is C15H23N3O3. The third-order valence-electron chi connectivity index (χ3n) is 3.19. The van der Waals surface area contributed by atoms with E-state index in [1.54, 1.807) is 0 Å². The predicted octanol–water partition coefficient (Wildman–Crippen LogP) is 0.573. The Hall–Kier alpha value is -1.79. The lowest BCUT2D eigenvalue weighted by Gasteiger charge is -2.10. The van der Waals surface area contributed by atoms with Gasteiger partial charge in [0.1, 0.15) is 0 Å². The summed E-state index contributed by atoms with van der Waals surface area (Å²) in [5, 5.41) is 6.14. The smallest absolute Gasteiger partial charge is 0.231 e. The molecule has 1 aromatic carbocycles. The van der Waals surface area contributed by atoms with E-state index in [2.05, 4.69) is 15.5 Å². The summed E-state index contributed by atoms with van der Waals surface area (Å²) >= 11 is 0. The average Bonchev–Trinajstić information content (AvgIpc) is 2.92. The van der Waals surface area contributed by atoms with Gasteiger partial charge in [-0.1, -0.05) is 6.07 Å². The Morgan fingerprint density at radius 2 is 2.05 bits per heavy atom. The Labute approximate surface area is 125 Å². The molecule has 0 aliphatic carbocycles. The molecule has 1 aliphatic heterocycles. The molecule has 2 N–H and O–H groups in total. The van der Waals surface area contributed by atoms with Crippen LogP contribution in [0.4, 0.5) is 0 Å². The molecule has 6 nitrogen and oxygen atoms in total. The highest BCUT2D eigenvalue weighted by atomic mass is 16.7. The summed E-state index contributed by atoms with van der Waals surface area (Å²) in [4.78, 5) is 13.8. The van der Waals surface area contributed by atoms with E-state index < -0.39 is 0 Å². The number of nitrogens with one attached hydrogen (secondary N) is 2. The summed E-state index contributed by atoms with van der Waals surface area (Å²) in [6.45, 7) is 3.33. The average molecular weight is 293 g/mol. The van der Waals surface area contributed by atoms with Gasteiger partial charge in [0.25, 0.3) is 0 Å². The molecule has 1 amide bonds. The topological polar surface area (TPSA) is 62.8 Å². The fraction of sp³-hybridized carbons (Fsp3) is 0.533. The van der Waals surface area contributed by atoms with Gasteiger partial charge < -0.3 is 25.0 Å². The molecule has 1 aliphatic rings. The molecule has 0 unspecified atom stereocenters. The maximum absolute atomic E-state index is 11.7. The number of carbonyl (C=O) groups is 1. The monoisotopic (exact) mass is 293 g/mol. The van der Waals surface area contributed by atoms with Crippen molar-refractivity contribution in [3.05, 3.63) is 23.8 Å². The van der Waals surface area contributed by atoms with Gasteiger partial charge in [0.05, 0.1) is 0 Å². The summed E-state index contributed by atoms with van der Waals surface area (Å²) in [6, 6.07) is 5.70. The van der Waals surface area contributed by atoms with E-state index in [0.29, 0.717) is 19.5 Å². The summed E-state index contributed by atoms with van der Waals surface area (Å²) in [6.07, 6.45) is 0.484. The van der Waals surface area contributed by atoms with Crippen LogP contribution in [0.2, 0.25) is 0 Å². The van der Waals surface area contributed by atoms with Crippen LogP contribution < -0.4 is 20.1 Å². The van der Waals surface area contributed by atoms with Crippen molar-refractivity contribution in [2.24, 2.45) is 0 Å². The zero-order valence-corrected chi connectivity index (χ0v) is 12.6. The molecule has 0 bridgehead atoms. The van der Waals surface area contributed by atoms with Gasteiger partial charge in [-0.2, -0.15) is 0 Å².